The van der Waals surface area contributed by atoms with Crippen LogP contribution in [0.2, 0.25) is 5.02 Å². The Morgan fingerprint density at radius 3 is 2.67 bits per heavy atom. The summed E-state index contributed by atoms with van der Waals surface area (Å²) in [4.78, 5) is 13.1. The lowest BCUT2D eigenvalue weighted by Gasteiger charge is -2.32. The maximum Gasteiger partial charge on any atom is 0.252 e. The van der Waals surface area contributed by atoms with E-state index >= 15 is 0 Å². The number of benzene rings is 1. The molecular weight excluding hydrogens is 406 g/mol. The van der Waals surface area contributed by atoms with E-state index < -0.39 is 17.7 Å². The Hall–Kier alpha value is -2.68. The first kappa shape index (κ1) is 20.6. The second-order valence-electron chi connectivity index (χ2n) is 7.96. The lowest BCUT2D eigenvalue weighted by Crippen LogP contribution is -2.50. The highest BCUT2D eigenvalue weighted by molar-refractivity contribution is 6.30. The topological polar surface area (TPSA) is 103 Å². The van der Waals surface area contributed by atoms with Crippen LogP contribution in [0, 0.1) is 0 Å². The van der Waals surface area contributed by atoms with Crippen LogP contribution in [-0.2, 0) is 11.8 Å². The van der Waals surface area contributed by atoms with E-state index in [1.54, 1.807) is 61.4 Å². The summed E-state index contributed by atoms with van der Waals surface area (Å²) in [5, 5.41) is 34.9. The molecule has 1 aliphatic heterocycles. The van der Waals surface area contributed by atoms with Crippen molar-refractivity contribution in [3.8, 4) is 0 Å². The first-order valence-electron chi connectivity index (χ1n) is 9.80. The van der Waals surface area contributed by atoms with E-state index in [2.05, 4.69) is 15.5 Å². The monoisotopic (exact) mass is 429 g/mol. The third kappa shape index (κ3) is 3.98. The maximum atomic E-state index is 13.1. The van der Waals surface area contributed by atoms with Crippen LogP contribution in [0.3, 0.4) is 0 Å². The number of carbonyl (C=O) groups excluding carboxylic acids is 1. The molecule has 1 unspecified atom stereocenters. The summed E-state index contributed by atoms with van der Waals surface area (Å²) in [5.74, 6) is -0.440. The van der Waals surface area contributed by atoms with Crippen LogP contribution in [0.25, 0.3) is 0 Å². The molecule has 2 aromatic rings. The molecule has 0 spiro atoms. The minimum absolute atomic E-state index is 0.140. The zero-order chi connectivity index (χ0) is 21.5. The third-order valence-electron chi connectivity index (χ3n) is 5.61. The van der Waals surface area contributed by atoms with Crippen molar-refractivity contribution < 1.29 is 15.0 Å². The van der Waals surface area contributed by atoms with Crippen LogP contribution in [0.5, 0.6) is 0 Å². The van der Waals surface area contributed by atoms with Gasteiger partial charge in [-0.1, -0.05) is 23.7 Å². The van der Waals surface area contributed by atoms with Crippen molar-refractivity contribution in [1.29, 1.82) is 0 Å². The van der Waals surface area contributed by atoms with Gasteiger partial charge in [0.15, 0.2) is 6.23 Å². The highest BCUT2D eigenvalue weighted by atomic mass is 35.5. The fourth-order valence-corrected chi connectivity index (χ4v) is 3.97. The van der Waals surface area contributed by atoms with E-state index in [0.29, 0.717) is 29.3 Å². The van der Waals surface area contributed by atoms with E-state index in [-0.39, 0.29) is 11.6 Å². The largest absolute Gasteiger partial charge is 0.388 e. The van der Waals surface area contributed by atoms with Gasteiger partial charge in [0.2, 0.25) is 0 Å². The SMILES string of the molecule is Cn1cc(N2N=C(c3ccc(Cl)cc3)C=C(C(=O)N[C@@H]3CCC[C@]3(C)O)C2O)cn1. The Bertz CT molecular complexity index is 1010. The molecule has 9 heteroatoms. The number of halogens is 1. The zero-order valence-corrected chi connectivity index (χ0v) is 17.5. The highest BCUT2D eigenvalue weighted by Gasteiger charge is 2.39. The van der Waals surface area contributed by atoms with E-state index in [1.807, 2.05) is 0 Å². The minimum atomic E-state index is -1.29. The second-order valence-corrected chi connectivity index (χ2v) is 8.39. The molecular formula is C21H24ClN5O3. The number of amides is 1. The van der Waals surface area contributed by atoms with Crippen molar-refractivity contribution in [3.05, 3.63) is 58.9 Å². The molecule has 8 nitrogen and oxygen atoms in total. The molecule has 2 aliphatic rings. The molecule has 1 amide bonds. The Morgan fingerprint density at radius 2 is 2.07 bits per heavy atom. The fraction of sp³-hybridized carbons (Fsp3) is 0.381. The molecule has 158 valence electrons. The van der Waals surface area contributed by atoms with Gasteiger partial charge in [-0.15, -0.1) is 0 Å². The van der Waals surface area contributed by atoms with Crippen LogP contribution in [-0.4, -0.2) is 49.5 Å². The van der Waals surface area contributed by atoms with Gasteiger partial charge >= 0.3 is 0 Å². The van der Waals surface area contributed by atoms with Gasteiger partial charge in [-0.05, 0) is 44.4 Å². The number of rotatable bonds is 4. The molecule has 1 aliphatic carbocycles. The van der Waals surface area contributed by atoms with Crippen molar-refractivity contribution in [2.45, 2.75) is 44.1 Å². The predicted molar refractivity (Wildman–Crippen MR) is 114 cm³/mol. The summed E-state index contributed by atoms with van der Waals surface area (Å²) in [6.07, 6.45) is 5.68. The Morgan fingerprint density at radius 1 is 1.33 bits per heavy atom. The quantitative estimate of drug-likeness (QED) is 0.689. The van der Waals surface area contributed by atoms with Gasteiger partial charge in [0.1, 0.15) is 5.69 Å². The number of nitrogens with zero attached hydrogens (tertiary/aromatic N) is 4. The molecule has 30 heavy (non-hydrogen) atoms. The zero-order valence-electron chi connectivity index (χ0n) is 16.8. The Labute approximate surface area is 179 Å². The van der Waals surface area contributed by atoms with Gasteiger partial charge in [0.05, 0.1) is 29.1 Å². The normalized spacial score (nSPS) is 26.4. The number of allylic oxidation sites excluding steroid dienone is 1. The van der Waals surface area contributed by atoms with Crippen LogP contribution >= 0.6 is 11.6 Å². The van der Waals surface area contributed by atoms with Crippen LogP contribution in [0.1, 0.15) is 31.7 Å². The number of aliphatic hydroxyl groups excluding tert-OH is 1. The van der Waals surface area contributed by atoms with Crippen molar-refractivity contribution in [3.63, 3.8) is 0 Å². The number of nitrogens with one attached hydrogen (secondary N) is 1. The van der Waals surface area contributed by atoms with Gasteiger partial charge in [-0.25, -0.2) is 5.01 Å². The molecule has 1 aromatic heterocycles. The minimum Gasteiger partial charge on any atom is -0.388 e. The van der Waals surface area contributed by atoms with Gasteiger partial charge < -0.3 is 15.5 Å². The van der Waals surface area contributed by atoms with Gasteiger partial charge in [-0.3, -0.25) is 9.48 Å². The molecule has 0 bridgehead atoms. The number of aryl methyl sites for hydroxylation is 1. The van der Waals surface area contributed by atoms with Crippen molar-refractivity contribution >= 4 is 28.9 Å². The van der Waals surface area contributed by atoms with Crippen molar-refractivity contribution in [2.75, 3.05) is 5.01 Å². The van der Waals surface area contributed by atoms with Gasteiger partial charge in [0.25, 0.3) is 5.91 Å². The number of aromatic nitrogens is 2. The molecule has 0 radical (unpaired) electrons. The van der Waals surface area contributed by atoms with E-state index in [0.717, 1.165) is 12.0 Å². The molecule has 1 saturated carbocycles. The lowest BCUT2D eigenvalue weighted by atomic mass is 9.99. The number of hydrogen-bond acceptors (Lipinski definition) is 6. The number of anilines is 1. The van der Waals surface area contributed by atoms with Crippen molar-refractivity contribution in [2.24, 2.45) is 12.1 Å². The number of hydrazone groups is 1. The van der Waals surface area contributed by atoms with Gasteiger partial charge in [-0.2, -0.15) is 10.2 Å². The Balaban J connectivity index is 1.69. The van der Waals surface area contributed by atoms with Crippen LogP contribution in [0.4, 0.5) is 5.69 Å². The average Bonchev–Trinajstić information content (AvgIpc) is 3.27. The number of hydrogen-bond donors (Lipinski definition) is 3. The fourth-order valence-electron chi connectivity index (χ4n) is 3.84. The van der Waals surface area contributed by atoms with E-state index in [1.165, 1.54) is 5.01 Å². The molecule has 2 heterocycles. The molecule has 4 rings (SSSR count). The van der Waals surface area contributed by atoms with Crippen molar-refractivity contribution in [1.82, 2.24) is 15.1 Å². The lowest BCUT2D eigenvalue weighted by molar-refractivity contribution is -0.120. The Kier molecular flexibility index (Phi) is 5.40. The number of aliphatic hydroxyl groups is 2. The molecule has 0 saturated heterocycles. The summed E-state index contributed by atoms with van der Waals surface area (Å²) in [5.41, 5.74) is 0.970. The van der Waals surface area contributed by atoms with Gasteiger partial charge in [0, 0.05) is 23.8 Å². The average molecular weight is 430 g/mol. The number of carbonyl (C=O) groups is 1. The van der Waals surface area contributed by atoms with Crippen LogP contribution < -0.4 is 10.3 Å². The smallest absolute Gasteiger partial charge is 0.252 e. The molecule has 1 aromatic carbocycles. The third-order valence-corrected chi connectivity index (χ3v) is 5.86. The van der Waals surface area contributed by atoms with E-state index in [4.69, 9.17) is 11.6 Å². The highest BCUT2D eigenvalue weighted by Crippen LogP contribution is 2.31. The molecule has 3 N–H and O–H groups in total. The summed E-state index contributed by atoms with van der Waals surface area (Å²) >= 11 is 6.00. The first-order valence-corrected chi connectivity index (χ1v) is 10.2. The summed E-state index contributed by atoms with van der Waals surface area (Å²) in [7, 11) is 1.76. The maximum absolute atomic E-state index is 13.1. The second kappa shape index (κ2) is 7.86. The first-order chi connectivity index (χ1) is 14.2. The standard InChI is InChI=1S/C21H24ClN5O3/c1-21(30)9-3-4-18(21)24-19(28)16-10-17(13-5-7-14(22)8-6-13)25-27(20(16)29)15-11-23-26(2)12-15/h5-8,10-12,18,20,29-30H,3-4,9H2,1-2H3,(H,24,28)/t18-,20?,21+/m1/s1. The summed E-state index contributed by atoms with van der Waals surface area (Å²) < 4.78 is 1.59. The predicted octanol–water partition coefficient (Wildman–Crippen LogP) is 1.96. The molecule has 1 fully saturated rings. The molecule has 3 atom stereocenters. The summed E-state index contributed by atoms with van der Waals surface area (Å²) in [6, 6.07) is 6.70. The summed E-state index contributed by atoms with van der Waals surface area (Å²) in [6.45, 7) is 1.72. The van der Waals surface area contributed by atoms with E-state index in [9.17, 15) is 15.0 Å². The van der Waals surface area contributed by atoms with Crippen LogP contribution in [0.15, 0.2) is 53.4 Å².